The summed E-state index contributed by atoms with van der Waals surface area (Å²) in [5.74, 6) is -2.18. The molecule has 0 aromatic heterocycles. The molecular weight excluding hydrogens is 236 g/mol. The van der Waals surface area contributed by atoms with Crippen molar-refractivity contribution < 1.29 is 23.1 Å². The zero-order chi connectivity index (χ0) is 12.4. The molecule has 0 atom stereocenters. The maximum Gasteiger partial charge on any atom is 0.319 e. The molecule has 1 rings (SSSR count). The van der Waals surface area contributed by atoms with Crippen LogP contribution in [0.1, 0.15) is 19.3 Å². The third-order valence-electron chi connectivity index (χ3n) is 2.72. The molecule has 1 aliphatic carbocycles. The van der Waals surface area contributed by atoms with Crippen molar-refractivity contribution in [3.05, 3.63) is 0 Å². The molecule has 0 unspecified atom stereocenters. The van der Waals surface area contributed by atoms with Gasteiger partial charge < -0.3 is 10.4 Å². The fourth-order valence-corrected chi connectivity index (χ4v) is 1.93. The van der Waals surface area contributed by atoms with Crippen molar-refractivity contribution in [3.8, 4) is 0 Å². The van der Waals surface area contributed by atoms with Crippen LogP contribution in [0.2, 0.25) is 0 Å². The Kier molecular flexibility index (Phi) is 3.54. The van der Waals surface area contributed by atoms with E-state index in [1.807, 2.05) is 0 Å². The summed E-state index contributed by atoms with van der Waals surface area (Å²) < 4.78 is 21.2. The second-order valence-corrected chi connectivity index (χ2v) is 5.60. The van der Waals surface area contributed by atoms with Crippen LogP contribution in [0.15, 0.2) is 0 Å². The Morgan fingerprint density at radius 3 is 2.25 bits per heavy atom. The zero-order valence-electron chi connectivity index (χ0n) is 8.60. The molecule has 92 valence electrons. The van der Waals surface area contributed by atoms with Gasteiger partial charge in [0.15, 0.2) is 0 Å². The van der Waals surface area contributed by atoms with Crippen LogP contribution >= 0.6 is 0 Å². The number of hydrogen-bond donors (Lipinski definition) is 3. The second kappa shape index (κ2) is 4.38. The number of primary sulfonamides is 1. The van der Waals surface area contributed by atoms with Crippen LogP contribution in [0.3, 0.4) is 0 Å². The fourth-order valence-electron chi connectivity index (χ4n) is 1.54. The molecule has 8 heteroatoms. The first kappa shape index (κ1) is 12.9. The molecule has 0 aliphatic heterocycles. The van der Waals surface area contributed by atoms with Gasteiger partial charge in [-0.2, -0.15) is 0 Å². The minimum atomic E-state index is -3.64. The number of carboxylic acid groups (broad SMARTS) is 1. The Hall–Kier alpha value is -1.15. The number of sulfonamides is 1. The molecule has 0 aromatic carbocycles. The summed E-state index contributed by atoms with van der Waals surface area (Å²) in [4.78, 5) is 22.4. The standard InChI is InChI=1S/C8H14N2O5S/c9-16(14,15)5-4-10-6(11)8(7(12)13)2-1-3-8/h1-5H2,(H,10,11)(H,12,13)(H2,9,14,15). The Balaban J connectivity index is 2.49. The monoisotopic (exact) mass is 250 g/mol. The zero-order valence-corrected chi connectivity index (χ0v) is 9.42. The van der Waals surface area contributed by atoms with Crippen LogP contribution in [0.25, 0.3) is 0 Å². The van der Waals surface area contributed by atoms with Gasteiger partial charge in [0.25, 0.3) is 0 Å². The van der Waals surface area contributed by atoms with Crippen LogP contribution in [0, 0.1) is 5.41 Å². The lowest BCUT2D eigenvalue weighted by Crippen LogP contribution is -2.51. The summed E-state index contributed by atoms with van der Waals surface area (Å²) in [6.07, 6.45) is 1.28. The van der Waals surface area contributed by atoms with Crippen LogP contribution in [-0.4, -0.2) is 37.7 Å². The Morgan fingerprint density at radius 2 is 1.94 bits per heavy atom. The number of carboxylic acids is 1. The van der Waals surface area contributed by atoms with E-state index in [1.54, 1.807) is 0 Å². The van der Waals surface area contributed by atoms with Crippen molar-refractivity contribution in [2.75, 3.05) is 12.3 Å². The highest BCUT2D eigenvalue weighted by molar-refractivity contribution is 7.89. The van der Waals surface area contributed by atoms with E-state index in [0.717, 1.165) is 0 Å². The summed E-state index contributed by atoms with van der Waals surface area (Å²) >= 11 is 0. The van der Waals surface area contributed by atoms with Crippen LogP contribution < -0.4 is 10.5 Å². The summed E-state index contributed by atoms with van der Waals surface area (Å²) in [7, 11) is -3.64. The molecule has 16 heavy (non-hydrogen) atoms. The maximum absolute atomic E-state index is 11.5. The lowest BCUT2D eigenvalue weighted by molar-refractivity contribution is -0.162. The van der Waals surface area contributed by atoms with E-state index in [9.17, 15) is 18.0 Å². The molecule has 0 bridgehead atoms. The second-order valence-electron chi connectivity index (χ2n) is 3.86. The number of nitrogens with two attached hydrogens (primary N) is 1. The smallest absolute Gasteiger partial charge is 0.319 e. The van der Waals surface area contributed by atoms with E-state index in [0.29, 0.717) is 19.3 Å². The first-order valence-corrected chi connectivity index (χ1v) is 6.52. The maximum atomic E-state index is 11.5. The van der Waals surface area contributed by atoms with E-state index < -0.39 is 33.1 Å². The van der Waals surface area contributed by atoms with Gasteiger partial charge in [0.2, 0.25) is 15.9 Å². The molecule has 1 saturated carbocycles. The van der Waals surface area contributed by atoms with E-state index in [-0.39, 0.29) is 6.54 Å². The van der Waals surface area contributed by atoms with Crippen molar-refractivity contribution in [2.24, 2.45) is 10.6 Å². The molecule has 0 saturated heterocycles. The average Bonchev–Trinajstić information content (AvgIpc) is 1.97. The first-order valence-electron chi connectivity index (χ1n) is 4.80. The largest absolute Gasteiger partial charge is 0.480 e. The number of rotatable bonds is 5. The van der Waals surface area contributed by atoms with Crippen LogP contribution in [0.5, 0.6) is 0 Å². The Morgan fingerprint density at radius 1 is 1.38 bits per heavy atom. The predicted octanol–water partition coefficient (Wildman–Crippen LogP) is -1.35. The van der Waals surface area contributed by atoms with Crippen molar-refractivity contribution >= 4 is 21.9 Å². The summed E-state index contributed by atoms with van der Waals surface area (Å²) in [6, 6.07) is 0. The highest BCUT2D eigenvalue weighted by atomic mass is 32.2. The minimum Gasteiger partial charge on any atom is -0.480 e. The quantitative estimate of drug-likeness (QED) is 0.520. The summed E-state index contributed by atoms with van der Waals surface area (Å²) in [5, 5.41) is 15.9. The van der Waals surface area contributed by atoms with Crippen LogP contribution in [0.4, 0.5) is 0 Å². The third-order valence-corrected chi connectivity index (χ3v) is 3.50. The van der Waals surface area contributed by atoms with Crippen molar-refractivity contribution in [2.45, 2.75) is 19.3 Å². The number of carbonyl (C=O) groups excluding carboxylic acids is 1. The molecule has 4 N–H and O–H groups in total. The number of aliphatic carboxylic acids is 1. The van der Waals surface area contributed by atoms with Crippen molar-refractivity contribution in [1.29, 1.82) is 0 Å². The number of amides is 1. The van der Waals surface area contributed by atoms with Gasteiger partial charge in [0, 0.05) is 6.54 Å². The predicted molar refractivity (Wildman–Crippen MR) is 54.9 cm³/mol. The van der Waals surface area contributed by atoms with Crippen LogP contribution in [-0.2, 0) is 19.6 Å². The molecule has 0 radical (unpaired) electrons. The normalized spacial score (nSPS) is 18.6. The molecule has 0 spiro atoms. The van der Waals surface area contributed by atoms with E-state index in [4.69, 9.17) is 10.2 Å². The van der Waals surface area contributed by atoms with Gasteiger partial charge in [-0.25, -0.2) is 13.6 Å². The molecule has 7 nitrogen and oxygen atoms in total. The topological polar surface area (TPSA) is 127 Å². The molecule has 1 aliphatic rings. The van der Waals surface area contributed by atoms with E-state index in [2.05, 4.69) is 5.32 Å². The molecular formula is C8H14N2O5S. The molecule has 0 heterocycles. The molecule has 1 fully saturated rings. The lowest BCUT2D eigenvalue weighted by atomic mass is 9.68. The number of hydrogen-bond acceptors (Lipinski definition) is 4. The number of carbonyl (C=O) groups is 2. The van der Waals surface area contributed by atoms with E-state index in [1.165, 1.54) is 0 Å². The Labute approximate surface area is 93.1 Å². The molecule has 1 amide bonds. The summed E-state index contributed by atoms with van der Waals surface area (Å²) in [5.41, 5.74) is -1.36. The lowest BCUT2D eigenvalue weighted by Gasteiger charge is -2.35. The van der Waals surface area contributed by atoms with Gasteiger partial charge in [-0.15, -0.1) is 0 Å². The average molecular weight is 250 g/mol. The Bertz CT molecular complexity index is 399. The number of nitrogens with one attached hydrogen (secondary N) is 1. The highest BCUT2D eigenvalue weighted by Gasteiger charge is 2.50. The molecule has 0 aromatic rings. The third kappa shape index (κ3) is 2.70. The van der Waals surface area contributed by atoms with Gasteiger partial charge in [0.1, 0.15) is 5.41 Å². The van der Waals surface area contributed by atoms with Gasteiger partial charge in [-0.1, -0.05) is 6.42 Å². The SMILES string of the molecule is NS(=O)(=O)CCNC(=O)C1(C(=O)O)CCC1. The van der Waals surface area contributed by atoms with Gasteiger partial charge in [-0.05, 0) is 12.8 Å². The van der Waals surface area contributed by atoms with Crippen molar-refractivity contribution in [3.63, 3.8) is 0 Å². The van der Waals surface area contributed by atoms with Gasteiger partial charge in [0.05, 0.1) is 5.75 Å². The first-order chi connectivity index (χ1) is 7.28. The highest BCUT2D eigenvalue weighted by Crippen LogP contribution is 2.41. The van der Waals surface area contributed by atoms with E-state index >= 15 is 0 Å². The summed E-state index contributed by atoms with van der Waals surface area (Å²) in [6.45, 7) is -0.160. The fraction of sp³-hybridized carbons (Fsp3) is 0.750. The van der Waals surface area contributed by atoms with Crippen molar-refractivity contribution in [1.82, 2.24) is 5.32 Å². The van der Waals surface area contributed by atoms with Gasteiger partial charge >= 0.3 is 5.97 Å². The van der Waals surface area contributed by atoms with Gasteiger partial charge in [-0.3, -0.25) is 9.59 Å². The minimum absolute atomic E-state index is 0.160.